The van der Waals surface area contributed by atoms with Gasteiger partial charge in [0.2, 0.25) is 0 Å². The Kier molecular flexibility index (Phi) is 8.88. The third kappa shape index (κ3) is 6.94. The number of thiophene rings is 1. The molecule has 3 aromatic heterocycles. The van der Waals surface area contributed by atoms with Crippen molar-refractivity contribution in [3.05, 3.63) is 64.0 Å². The Hall–Kier alpha value is -3.48. The Morgan fingerprint density at radius 2 is 1.95 bits per heavy atom. The minimum Gasteiger partial charge on any atom is -0.491 e. The predicted molar refractivity (Wildman–Crippen MR) is 146 cm³/mol. The van der Waals surface area contributed by atoms with Crippen LogP contribution in [0.3, 0.4) is 0 Å². The monoisotopic (exact) mass is 577 g/mol. The molecule has 1 aromatic carbocycles. The first-order chi connectivity index (χ1) is 18.6. The van der Waals surface area contributed by atoms with Gasteiger partial charge in [-0.3, -0.25) is 0 Å². The van der Waals surface area contributed by atoms with E-state index in [4.69, 9.17) is 9.47 Å². The molecule has 0 saturated heterocycles. The van der Waals surface area contributed by atoms with Crippen LogP contribution in [0.25, 0.3) is 21.7 Å². The number of nitrogens with one attached hydrogen (secondary N) is 1. The number of carbonyl (C=O) groups is 1. The van der Waals surface area contributed by atoms with E-state index in [1.165, 1.54) is 48.0 Å². The predicted octanol–water partition coefficient (Wildman–Crippen LogP) is 7.62. The van der Waals surface area contributed by atoms with E-state index in [1.54, 1.807) is 6.20 Å². The zero-order chi connectivity index (χ0) is 28.2. The first-order valence-corrected chi connectivity index (χ1v) is 13.6. The van der Waals surface area contributed by atoms with Gasteiger partial charge >= 0.3 is 12.1 Å². The van der Waals surface area contributed by atoms with E-state index < -0.39 is 17.7 Å². The zero-order valence-corrected chi connectivity index (χ0v) is 23.0. The minimum absolute atomic E-state index is 0.0213. The number of carboxylic acids is 1. The smallest absolute Gasteiger partial charge is 0.419 e. The summed E-state index contributed by atoms with van der Waals surface area (Å²) in [6.45, 7) is 4.13. The van der Waals surface area contributed by atoms with Crippen LogP contribution in [0.4, 0.5) is 24.1 Å². The molecule has 4 rings (SSSR count). The summed E-state index contributed by atoms with van der Waals surface area (Å²) in [6, 6.07) is 9.12. The molecule has 3 heterocycles. The van der Waals surface area contributed by atoms with Crippen molar-refractivity contribution >= 4 is 39.6 Å². The van der Waals surface area contributed by atoms with E-state index in [0.717, 1.165) is 15.8 Å². The van der Waals surface area contributed by atoms with Gasteiger partial charge in [-0.05, 0) is 48.1 Å². The van der Waals surface area contributed by atoms with Crippen molar-refractivity contribution in [2.24, 2.45) is 5.92 Å². The number of anilines is 2. The van der Waals surface area contributed by atoms with E-state index >= 15 is 0 Å². The first kappa shape index (κ1) is 28.5. The van der Waals surface area contributed by atoms with Crippen LogP contribution in [-0.4, -0.2) is 41.4 Å². The Morgan fingerprint density at radius 3 is 2.59 bits per heavy atom. The number of ether oxygens (including phenoxy) is 2. The second-order valence-electron chi connectivity index (χ2n) is 8.97. The maximum Gasteiger partial charge on any atom is 0.419 e. The van der Waals surface area contributed by atoms with Crippen LogP contribution in [0.1, 0.15) is 34.6 Å². The molecule has 0 aliphatic carbocycles. The van der Waals surface area contributed by atoms with Gasteiger partial charge in [0, 0.05) is 34.2 Å². The van der Waals surface area contributed by atoms with Crippen LogP contribution in [0.15, 0.2) is 48.0 Å². The summed E-state index contributed by atoms with van der Waals surface area (Å²) in [5.41, 5.74) is 0.381. The SMILES string of the molecule is COCCOc1ccc(-c2nc(Nc3ncc(-c4cccs4)cc3C(=O)O)sc2CC(C)C)cc1C(F)(F)F. The van der Waals surface area contributed by atoms with Gasteiger partial charge in [0.15, 0.2) is 5.13 Å². The van der Waals surface area contributed by atoms with Gasteiger partial charge in [-0.2, -0.15) is 13.2 Å². The molecule has 0 unspecified atom stereocenters. The fraction of sp³-hybridized carbons (Fsp3) is 0.296. The summed E-state index contributed by atoms with van der Waals surface area (Å²) in [6.07, 6.45) is -2.50. The van der Waals surface area contributed by atoms with Gasteiger partial charge in [-0.1, -0.05) is 19.9 Å². The number of halogens is 3. The van der Waals surface area contributed by atoms with Crippen LogP contribution in [0.5, 0.6) is 5.75 Å². The van der Waals surface area contributed by atoms with Crippen molar-refractivity contribution < 1.29 is 32.5 Å². The highest BCUT2D eigenvalue weighted by Gasteiger charge is 2.35. The Morgan fingerprint density at radius 1 is 1.15 bits per heavy atom. The standard InChI is InChI=1S/C27H26F3N3O4S2/c1-15(2)11-22-23(16-6-7-20(37-9-8-36-3)19(13-16)27(28,29)30)32-26(39-22)33-24-18(25(34)35)12-17(14-31-24)21-5-4-10-38-21/h4-7,10,12-15H,8-9,11H2,1-3H3,(H,34,35)(H,31,32,33). The molecule has 0 aliphatic rings. The second-order valence-corrected chi connectivity index (χ2v) is 11.0. The Balaban J connectivity index is 1.72. The summed E-state index contributed by atoms with van der Waals surface area (Å²) in [4.78, 5) is 22.6. The molecule has 0 fully saturated rings. The number of aromatic nitrogens is 2. The minimum atomic E-state index is -4.64. The molecule has 0 amide bonds. The van der Waals surface area contributed by atoms with E-state index in [-0.39, 0.29) is 41.8 Å². The average Bonchev–Trinajstić information content (AvgIpc) is 3.54. The molecule has 2 N–H and O–H groups in total. The van der Waals surface area contributed by atoms with Crippen LogP contribution in [0.2, 0.25) is 0 Å². The molecular weight excluding hydrogens is 551 g/mol. The highest BCUT2D eigenvalue weighted by Crippen LogP contribution is 2.41. The summed E-state index contributed by atoms with van der Waals surface area (Å²) in [7, 11) is 1.44. The molecule has 12 heteroatoms. The molecule has 0 atom stereocenters. The average molecular weight is 578 g/mol. The molecule has 7 nitrogen and oxygen atoms in total. The van der Waals surface area contributed by atoms with Gasteiger partial charge < -0.3 is 19.9 Å². The van der Waals surface area contributed by atoms with Crippen LogP contribution in [0, 0.1) is 5.92 Å². The molecule has 0 spiro atoms. The van der Waals surface area contributed by atoms with Crippen molar-refractivity contribution in [1.29, 1.82) is 0 Å². The van der Waals surface area contributed by atoms with Crippen molar-refractivity contribution in [1.82, 2.24) is 9.97 Å². The summed E-state index contributed by atoms with van der Waals surface area (Å²) in [5, 5.41) is 15.0. The number of rotatable bonds is 11. The van der Waals surface area contributed by atoms with Crippen molar-refractivity contribution in [3.63, 3.8) is 0 Å². The number of hydrogen-bond donors (Lipinski definition) is 2. The van der Waals surface area contributed by atoms with Gasteiger partial charge in [-0.15, -0.1) is 22.7 Å². The molecule has 39 heavy (non-hydrogen) atoms. The number of hydrogen-bond acceptors (Lipinski definition) is 8. The Labute approximate surface area is 231 Å². The van der Waals surface area contributed by atoms with E-state index in [9.17, 15) is 23.1 Å². The van der Waals surface area contributed by atoms with Crippen LogP contribution >= 0.6 is 22.7 Å². The lowest BCUT2D eigenvalue weighted by molar-refractivity contribution is -0.139. The number of thiazole rings is 1. The number of methoxy groups -OCH3 is 1. The summed E-state index contributed by atoms with van der Waals surface area (Å²) >= 11 is 2.72. The lowest BCUT2D eigenvalue weighted by Crippen LogP contribution is -2.11. The molecular formula is C27H26F3N3O4S2. The van der Waals surface area contributed by atoms with Gasteiger partial charge in [0.1, 0.15) is 23.7 Å². The fourth-order valence-corrected chi connectivity index (χ4v) is 5.71. The van der Waals surface area contributed by atoms with Crippen molar-refractivity contribution in [2.75, 3.05) is 25.6 Å². The summed E-state index contributed by atoms with van der Waals surface area (Å²) in [5.74, 6) is -1.16. The third-order valence-corrected chi connectivity index (χ3v) is 7.46. The van der Waals surface area contributed by atoms with E-state index in [1.807, 2.05) is 31.4 Å². The highest BCUT2D eigenvalue weighted by atomic mass is 32.1. The molecule has 4 aromatic rings. The number of nitrogens with zero attached hydrogens (tertiary/aromatic N) is 2. The van der Waals surface area contributed by atoms with Gasteiger partial charge in [-0.25, -0.2) is 14.8 Å². The maximum atomic E-state index is 13.9. The lowest BCUT2D eigenvalue weighted by atomic mass is 10.0. The third-order valence-electron chi connectivity index (χ3n) is 5.54. The highest BCUT2D eigenvalue weighted by molar-refractivity contribution is 7.16. The van der Waals surface area contributed by atoms with Crippen LogP contribution in [-0.2, 0) is 17.3 Å². The zero-order valence-electron chi connectivity index (χ0n) is 21.3. The van der Waals surface area contributed by atoms with Gasteiger partial charge in [0.25, 0.3) is 0 Å². The number of alkyl halides is 3. The van der Waals surface area contributed by atoms with Crippen molar-refractivity contribution in [2.45, 2.75) is 26.4 Å². The lowest BCUT2D eigenvalue weighted by Gasteiger charge is -2.15. The number of carboxylic acid groups (broad SMARTS) is 1. The molecule has 0 radical (unpaired) electrons. The fourth-order valence-electron chi connectivity index (χ4n) is 3.81. The summed E-state index contributed by atoms with van der Waals surface area (Å²) < 4.78 is 51.9. The topological polar surface area (TPSA) is 93.6 Å². The molecule has 206 valence electrons. The van der Waals surface area contributed by atoms with Gasteiger partial charge in [0.05, 0.1) is 17.9 Å². The van der Waals surface area contributed by atoms with Crippen molar-refractivity contribution in [3.8, 4) is 27.4 Å². The molecule has 0 saturated carbocycles. The first-order valence-electron chi connectivity index (χ1n) is 11.9. The molecule has 0 aliphatic heterocycles. The Bertz CT molecular complexity index is 1440. The molecule has 0 bridgehead atoms. The number of aromatic carboxylic acids is 1. The number of pyridine rings is 1. The second kappa shape index (κ2) is 12.1. The quantitative estimate of drug-likeness (QED) is 0.177. The van der Waals surface area contributed by atoms with E-state index in [0.29, 0.717) is 22.8 Å². The van der Waals surface area contributed by atoms with E-state index in [2.05, 4.69) is 15.3 Å². The number of benzene rings is 1. The normalized spacial score (nSPS) is 11.7. The van der Waals surface area contributed by atoms with Crippen LogP contribution < -0.4 is 10.1 Å². The maximum absolute atomic E-state index is 13.9. The largest absolute Gasteiger partial charge is 0.491 e.